The minimum atomic E-state index is 0.0884. The first kappa shape index (κ1) is 11.4. The molecule has 0 aliphatic rings. The standard InChI is InChI=1S/C14H16ClN/c1-9-8-16-13-10(12(9)15)6-5-7-11(13)14(2,3)4/h5-8H,1-4H3. The molecule has 0 saturated heterocycles. The van der Waals surface area contributed by atoms with Crippen molar-refractivity contribution in [2.24, 2.45) is 0 Å². The normalized spacial score (nSPS) is 12.1. The number of para-hydroxylation sites is 1. The van der Waals surface area contributed by atoms with Gasteiger partial charge in [0.1, 0.15) is 0 Å². The van der Waals surface area contributed by atoms with Crippen molar-refractivity contribution in [3.63, 3.8) is 0 Å². The average molecular weight is 234 g/mol. The molecule has 0 amide bonds. The average Bonchev–Trinajstić information content (AvgIpc) is 2.21. The predicted molar refractivity (Wildman–Crippen MR) is 70.2 cm³/mol. The highest BCUT2D eigenvalue weighted by atomic mass is 35.5. The number of hydrogen-bond acceptors (Lipinski definition) is 1. The number of rotatable bonds is 0. The van der Waals surface area contributed by atoms with Crippen LogP contribution in [0.3, 0.4) is 0 Å². The van der Waals surface area contributed by atoms with Crippen LogP contribution in [0.1, 0.15) is 31.9 Å². The Morgan fingerprint density at radius 2 is 1.88 bits per heavy atom. The number of pyridine rings is 1. The molecular weight excluding hydrogens is 218 g/mol. The summed E-state index contributed by atoms with van der Waals surface area (Å²) in [6, 6.07) is 6.21. The van der Waals surface area contributed by atoms with Crippen molar-refractivity contribution >= 4 is 22.5 Å². The third-order valence-corrected chi connectivity index (χ3v) is 3.32. The number of hydrogen-bond donors (Lipinski definition) is 0. The van der Waals surface area contributed by atoms with E-state index < -0.39 is 0 Å². The van der Waals surface area contributed by atoms with Crippen LogP contribution in [0.2, 0.25) is 5.02 Å². The fourth-order valence-corrected chi connectivity index (χ4v) is 2.10. The number of nitrogens with zero attached hydrogens (tertiary/aromatic N) is 1. The fourth-order valence-electron chi connectivity index (χ4n) is 1.90. The molecule has 0 radical (unpaired) electrons. The fraction of sp³-hybridized carbons (Fsp3) is 0.357. The second kappa shape index (κ2) is 3.74. The Labute approximate surface area is 101 Å². The van der Waals surface area contributed by atoms with E-state index in [9.17, 15) is 0 Å². The zero-order valence-electron chi connectivity index (χ0n) is 10.1. The van der Waals surface area contributed by atoms with Crippen LogP contribution in [0.4, 0.5) is 0 Å². The first-order valence-corrected chi connectivity index (χ1v) is 5.83. The topological polar surface area (TPSA) is 12.9 Å². The maximum Gasteiger partial charge on any atom is 0.0754 e. The molecule has 1 nitrogen and oxygen atoms in total. The summed E-state index contributed by atoms with van der Waals surface area (Å²) in [6.07, 6.45) is 1.85. The third kappa shape index (κ3) is 1.80. The van der Waals surface area contributed by atoms with Gasteiger partial charge in [-0.15, -0.1) is 0 Å². The van der Waals surface area contributed by atoms with Crippen LogP contribution in [0.15, 0.2) is 24.4 Å². The number of benzene rings is 1. The molecule has 1 aromatic carbocycles. The van der Waals surface area contributed by atoms with E-state index in [0.717, 1.165) is 21.5 Å². The lowest BCUT2D eigenvalue weighted by Crippen LogP contribution is -2.12. The van der Waals surface area contributed by atoms with Gasteiger partial charge in [0, 0.05) is 11.6 Å². The van der Waals surface area contributed by atoms with Gasteiger partial charge in [-0.3, -0.25) is 4.98 Å². The Morgan fingerprint density at radius 1 is 1.19 bits per heavy atom. The van der Waals surface area contributed by atoms with Crippen molar-refractivity contribution in [3.05, 3.63) is 40.5 Å². The summed E-state index contributed by atoms with van der Waals surface area (Å²) in [7, 11) is 0. The largest absolute Gasteiger partial charge is 0.256 e. The van der Waals surface area contributed by atoms with Gasteiger partial charge in [-0.1, -0.05) is 50.6 Å². The highest BCUT2D eigenvalue weighted by molar-refractivity contribution is 6.36. The Kier molecular flexibility index (Phi) is 2.67. The van der Waals surface area contributed by atoms with Gasteiger partial charge in [0.15, 0.2) is 0 Å². The SMILES string of the molecule is Cc1cnc2c(C(C)(C)C)cccc2c1Cl. The molecule has 2 aromatic rings. The molecule has 0 fully saturated rings. The zero-order valence-corrected chi connectivity index (χ0v) is 10.9. The molecule has 16 heavy (non-hydrogen) atoms. The summed E-state index contributed by atoms with van der Waals surface area (Å²) in [5, 5.41) is 1.87. The summed E-state index contributed by atoms with van der Waals surface area (Å²) in [5.41, 5.74) is 3.38. The smallest absolute Gasteiger partial charge is 0.0754 e. The summed E-state index contributed by atoms with van der Waals surface area (Å²) in [6.45, 7) is 8.56. The molecule has 0 aliphatic heterocycles. The van der Waals surface area contributed by atoms with Gasteiger partial charge < -0.3 is 0 Å². The number of aromatic nitrogens is 1. The van der Waals surface area contributed by atoms with E-state index >= 15 is 0 Å². The predicted octanol–water partition coefficient (Wildman–Crippen LogP) is 4.49. The molecule has 84 valence electrons. The maximum absolute atomic E-state index is 6.31. The molecule has 1 aromatic heterocycles. The second-order valence-corrected chi connectivity index (χ2v) is 5.58. The number of fused-ring (bicyclic) bond motifs is 1. The van der Waals surface area contributed by atoms with Crippen LogP contribution in [-0.2, 0) is 5.41 Å². The quantitative estimate of drug-likeness (QED) is 0.653. The minimum Gasteiger partial charge on any atom is -0.256 e. The van der Waals surface area contributed by atoms with Crippen molar-refractivity contribution < 1.29 is 0 Å². The molecule has 0 saturated carbocycles. The maximum atomic E-state index is 6.31. The Bertz CT molecular complexity index is 538. The van der Waals surface area contributed by atoms with Crippen molar-refractivity contribution in [3.8, 4) is 0 Å². The molecular formula is C14H16ClN. The van der Waals surface area contributed by atoms with Gasteiger partial charge in [0.2, 0.25) is 0 Å². The lowest BCUT2D eigenvalue weighted by Gasteiger charge is -2.21. The van der Waals surface area contributed by atoms with E-state index in [4.69, 9.17) is 11.6 Å². The lowest BCUT2D eigenvalue weighted by atomic mass is 9.85. The van der Waals surface area contributed by atoms with Gasteiger partial charge >= 0.3 is 0 Å². The van der Waals surface area contributed by atoms with E-state index in [2.05, 4.69) is 37.9 Å². The van der Waals surface area contributed by atoms with Crippen molar-refractivity contribution in [1.29, 1.82) is 0 Å². The summed E-state index contributed by atoms with van der Waals surface area (Å²) in [4.78, 5) is 4.52. The Morgan fingerprint density at radius 3 is 2.50 bits per heavy atom. The van der Waals surface area contributed by atoms with Gasteiger partial charge in [-0.2, -0.15) is 0 Å². The minimum absolute atomic E-state index is 0.0884. The van der Waals surface area contributed by atoms with Gasteiger partial charge in [0.05, 0.1) is 10.5 Å². The van der Waals surface area contributed by atoms with Crippen LogP contribution < -0.4 is 0 Å². The van der Waals surface area contributed by atoms with Crippen molar-refractivity contribution in [2.45, 2.75) is 33.1 Å². The van der Waals surface area contributed by atoms with Gasteiger partial charge in [0.25, 0.3) is 0 Å². The molecule has 0 aliphatic carbocycles. The highest BCUT2D eigenvalue weighted by Crippen LogP contribution is 2.32. The van der Waals surface area contributed by atoms with Gasteiger partial charge in [-0.25, -0.2) is 0 Å². The van der Waals surface area contributed by atoms with Crippen LogP contribution in [0.5, 0.6) is 0 Å². The lowest BCUT2D eigenvalue weighted by molar-refractivity contribution is 0.594. The van der Waals surface area contributed by atoms with Crippen LogP contribution in [0, 0.1) is 6.92 Å². The summed E-state index contributed by atoms with van der Waals surface area (Å²) in [5.74, 6) is 0. The molecule has 0 bridgehead atoms. The molecule has 2 heteroatoms. The van der Waals surface area contributed by atoms with Crippen LogP contribution >= 0.6 is 11.6 Å². The van der Waals surface area contributed by atoms with E-state index in [1.54, 1.807) is 0 Å². The van der Waals surface area contributed by atoms with Crippen LogP contribution in [-0.4, -0.2) is 4.98 Å². The third-order valence-electron chi connectivity index (χ3n) is 2.81. The molecule has 2 rings (SSSR count). The number of halogens is 1. The van der Waals surface area contributed by atoms with E-state index in [1.807, 2.05) is 19.2 Å². The van der Waals surface area contributed by atoms with Crippen molar-refractivity contribution in [2.75, 3.05) is 0 Å². The first-order valence-electron chi connectivity index (χ1n) is 5.45. The molecule has 1 heterocycles. The zero-order chi connectivity index (χ0) is 11.9. The monoisotopic (exact) mass is 233 g/mol. The molecule has 0 N–H and O–H groups in total. The second-order valence-electron chi connectivity index (χ2n) is 5.21. The highest BCUT2D eigenvalue weighted by Gasteiger charge is 2.18. The van der Waals surface area contributed by atoms with E-state index in [0.29, 0.717) is 0 Å². The summed E-state index contributed by atoms with van der Waals surface area (Å²) >= 11 is 6.31. The van der Waals surface area contributed by atoms with Gasteiger partial charge in [-0.05, 0) is 23.5 Å². The summed E-state index contributed by atoms with van der Waals surface area (Å²) < 4.78 is 0. The molecule has 0 unspecified atom stereocenters. The molecule has 0 spiro atoms. The van der Waals surface area contributed by atoms with E-state index in [-0.39, 0.29) is 5.41 Å². The van der Waals surface area contributed by atoms with Crippen molar-refractivity contribution in [1.82, 2.24) is 4.98 Å². The van der Waals surface area contributed by atoms with Crippen LogP contribution in [0.25, 0.3) is 10.9 Å². The Hall–Kier alpha value is -1.08. The first-order chi connectivity index (χ1) is 7.41. The van der Waals surface area contributed by atoms with E-state index in [1.165, 1.54) is 5.56 Å². The number of aryl methyl sites for hydroxylation is 1. The Balaban J connectivity index is 2.85. The molecule has 0 atom stereocenters.